The van der Waals surface area contributed by atoms with Crippen molar-refractivity contribution < 1.29 is 71.6 Å². The molecule has 0 amide bonds. The Hall–Kier alpha value is -4.13. The summed E-state index contributed by atoms with van der Waals surface area (Å²) < 4.78 is 61.3. The first-order valence-corrected chi connectivity index (χ1v) is 20.0. The quantitative estimate of drug-likeness (QED) is 0.0378. The molecule has 0 aliphatic rings. The first-order valence-electron chi connectivity index (χ1n) is 20.0. The van der Waals surface area contributed by atoms with Crippen molar-refractivity contribution in [3.8, 4) is 0 Å². The topological polar surface area (TPSA) is 173 Å². The second kappa shape index (κ2) is 32.7. The minimum Gasteiger partial charge on any atom is -0.476 e. The van der Waals surface area contributed by atoms with Crippen molar-refractivity contribution in [1.82, 2.24) is 0 Å². The van der Waals surface area contributed by atoms with Crippen LogP contribution in [0.1, 0.15) is 29.5 Å². The van der Waals surface area contributed by atoms with E-state index in [1.165, 1.54) is 0 Å². The molecule has 0 aromatic heterocycles. The van der Waals surface area contributed by atoms with E-state index < -0.39 is 23.3 Å². The second-order valence-corrected chi connectivity index (χ2v) is 12.6. The van der Waals surface area contributed by atoms with Gasteiger partial charge in [-0.3, -0.25) is 9.59 Å². The molecule has 0 unspecified atom stereocenters. The zero-order valence-electron chi connectivity index (χ0n) is 33.9. The van der Waals surface area contributed by atoms with Crippen LogP contribution in [0, 0.1) is 0 Å². The first kappa shape index (κ1) is 49.2. The van der Waals surface area contributed by atoms with Crippen LogP contribution in [-0.2, 0) is 72.1 Å². The fourth-order valence-electron chi connectivity index (χ4n) is 5.49. The third-order valence-electron chi connectivity index (χ3n) is 8.35. The van der Waals surface area contributed by atoms with Gasteiger partial charge in [0.05, 0.1) is 132 Å². The van der Waals surface area contributed by atoms with Gasteiger partial charge in [0.25, 0.3) is 0 Å². The number of esters is 1. The molecule has 3 aromatic rings. The Kier molecular flexibility index (Phi) is 27.3. The summed E-state index contributed by atoms with van der Waals surface area (Å²) in [6.07, 6.45) is -0.666. The van der Waals surface area contributed by atoms with E-state index in [1.54, 1.807) is 0 Å². The number of benzene rings is 3. The van der Waals surface area contributed by atoms with E-state index in [9.17, 15) is 14.4 Å². The largest absolute Gasteiger partial charge is 0.476 e. The van der Waals surface area contributed by atoms with Gasteiger partial charge in [0.1, 0.15) is 12.2 Å². The fraction of sp³-hybridized carbons (Fsp3) is 0.523. The lowest BCUT2D eigenvalue weighted by atomic mass is 9.80. The van der Waals surface area contributed by atoms with Crippen LogP contribution in [0.3, 0.4) is 0 Å². The van der Waals surface area contributed by atoms with E-state index in [0.29, 0.717) is 119 Å². The molecule has 0 heterocycles. The smallest absolute Gasteiger partial charge is 0.372 e. The Morgan fingerprint density at radius 3 is 0.932 bits per heavy atom. The maximum atomic E-state index is 11.4. The van der Waals surface area contributed by atoms with E-state index >= 15 is 0 Å². The zero-order valence-corrected chi connectivity index (χ0v) is 33.9. The molecule has 0 spiro atoms. The molecule has 0 fully saturated rings. The van der Waals surface area contributed by atoms with Gasteiger partial charge < -0.3 is 57.2 Å². The van der Waals surface area contributed by atoms with Crippen molar-refractivity contribution in [3.05, 3.63) is 108 Å². The highest BCUT2D eigenvalue weighted by molar-refractivity contribution is 6.32. The van der Waals surface area contributed by atoms with Gasteiger partial charge in [-0.15, -0.1) is 0 Å². The summed E-state index contributed by atoms with van der Waals surface area (Å²) in [5.41, 5.74) is 2.40. The molecule has 15 nitrogen and oxygen atoms in total. The highest BCUT2D eigenvalue weighted by Gasteiger charge is 2.37. The van der Waals surface area contributed by atoms with Crippen LogP contribution < -0.4 is 0 Å². The van der Waals surface area contributed by atoms with E-state index in [-0.39, 0.29) is 26.1 Å². The summed E-state index contributed by atoms with van der Waals surface area (Å²) in [6.45, 7) is 7.96. The lowest BCUT2D eigenvalue weighted by molar-refractivity contribution is -0.151. The van der Waals surface area contributed by atoms with Crippen LogP contribution >= 0.6 is 0 Å². The highest BCUT2D eigenvalue weighted by atomic mass is 16.6. The van der Waals surface area contributed by atoms with Gasteiger partial charge in [0, 0.05) is 6.42 Å². The monoisotopic (exact) mass is 828 g/mol. The normalized spacial score (nSPS) is 11.5. The van der Waals surface area contributed by atoms with Crippen LogP contribution in [0.25, 0.3) is 0 Å². The summed E-state index contributed by atoms with van der Waals surface area (Å²) in [7, 11) is 0. The summed E-state index contributed by atoms with van der Waals surface area (Å²) in [5, 5.41) is 8.47. The molecule has 0 aliphatic heterocycles. The Labute approximate surface area is 347 Å². The minimum absolute atomic E-state index is 0.0100. The van der Waals surface area contributed by atoms with Gasteiger partial charge in [-0.1, -0.05) is 91.0 Å². The molecule has 3 rings (SSSR count). The minimum atomic E-state index is -1.56. The maximum Gasteiger partial charge on any atom is 0.372 e. The Morgan fingerprint density at radius 1 is 0.373 bits per heavy atom. The number of hydrogen-bond donors (Lipinski definition) is 1. The van der Waals surface area contributed by atoms with Gasteiger partial charge in [-0.2, -0.15) is 0 Å². The summed E-state index contributed by atoms with van der Waals surface area (Å²) in [5.74, 6) is -3.24. The number of aliphatic carboxylic acids is 1. The van der Waals surface area contributed by atoms with E-state index in [4.69, 9.17) is 57.2 Å². The van der Waals surface area contributed by atoms with Crippen molar-refractivity contribution in [2.24, 2.45) is 0 Å². The van der Waals surface area contributed by atoms with Crippen molar-refractivity contribution in [2.45, 2.75) is 18.4 Å². The van der Waals surface area contributed by atoms with Crippen molar-refractivity contribution in [2.75, 3.05) is 132 Å². The molecule has 0 radical (unpaired) electrons. The van der Waals surface area contributed by atoms with Crippen molar-refractivity contribution in [3.63, 3.8) is 0 Å². The molecule has 1 N–H and O–H groups in total. The molecule has 0 saturated heterocycles. The third kappa shape index (κ3) is 21.6. The van der Waals surface area contributed by atoms with Crippen molar-refractivity contribution in [1.29, 1.82) is 0 Å². The van der Waals surface area contributed by atoms with Gasteiger partial charge in [-0.05, 0) is 16.7 Å². The molecule has 0 atom stereocenters. The molecule has 0 bridgehead atoms. The highest BCUT2D eigenvalue weighted by Crippen LogP contribution is 2.40. The number of carboxylic acids is 1. The summed E-state index contributed by atoms with van der Waals surface area (Å²) in [4.78, 5) is 32.8. The molecular formula is C44H60O15. The van der Waals surface area contributed by atoms with Crippen LogP contribution in [0.5, 0.6) is 0 Å². The van der Waals surface area contributed by atoms with Crippen LogP contribution in [0.2, 0.25) is 0 Å². The van der Waals surface area contributed by atoms with Crippen LogP contribution in [0.15, 0.2) is 91.0 Å². The van der Waals surface area contributed by atoms with Gasteiger partial charge in [0.2, 0.25) is 5.78 Å². The van der Waals surface area contributed by atoms with Gasteiger partial charge in [0.15, 0.2) is 0 Å². The maximum absolute atomic E-state index is 11.4. The van der Waals surface area contributed by atoms with Crippen LogP contribution in [0.4, 0.5) is 0 Å². The molecule has 15 heteroatoms. The Balaban J connectivity index is 1.04. The number of carbonyl (C=O) groups is 3. The van der Waals surface area contributed by atoms with Crippen molar-refractivity contribution >= 4 is 17.7 Å². The predicted octanol–water partition coefficient (Wildman–Crippen LogP) is 4.12. The van der Waals surface area contributed by atoms with Crippen LogP contribution in [-0.4, -0.2) is 155 Å². The molecule has 326 valence electrons. The lowest BCUT2D eigenvalue weighted by Gasteiger charge is -2.36. The summed E-state index contributed by atoms with van der Waals surface area (Å²) >= 11 is 0. The average molecular weight is 829 g/mol. The standard InChI is InChI=1S/C44H60O15/c45-41(43(47)48)16-17-42(46)58-36-34-56-32-30-54-28-26-52-24-22-50-20-18-49-19-21-51-23-25-53-27-29-55-31-33-57-35-37-59-44(38-10-4-1-5-11-38,39-12-6-2-7-13-39)40-14-8-3-9-15-40/h1-15H,16-37H2,(H,47,48). The second-order valence-electron chi connectivity index (χ2n) is 12.6. The molecule has 3 aromatic carbocycles. The summed E-state index contributed by atoms with van der Waals surface area (Å²) in [6, 6.07) is 30.8. The number of ether oxygens (including phenoxy) is 11. The third-order valence-corrected chi connectivity index (χ3v) is 8.35. The van der Waals surface area contributed by atoms with E-state index in [0.717, 1.165) is 16.7 Å². The Morgan fingerprint density at radius 2 is 0.644 bits per heavy atom. The Bertz CT molecular complexity index is 1400. The number of carboxylic acid groups (broad SMARTS) is 1. The van der Waals surface area contributed by atoms with Gasteiger partial charge in [-0.25, -0.2) is 4.79 Å². The number of hydrogen-bond acceptors (Lipinski definition) is 14. The number of rotatable bonds is 38. The first-order chi connectivity index (χ1) is 29.0. The molecule has 0 aliphatic carbocycles. The number of carbonyl (C=O) groups excluding carboxylic acids is 2. The number of ketones is 1. The number of Topliss-reactive ketones (excluding diaryl/α,β-unsaturated/α-hetero) is 1. The lowest BCUT2D eigenvalue weighted by Crippen LogP contribution is -2.34. The van der Waals surface area contributed by atoms with Gasteiger partial charge >= 0.3 is 11.9 Å². The average Bonchev–Trinajstić information content (AvgIpc) is 3.27. The zero-order chi connectivity index (χ0) is 41.9. The molecular weight excluding hydrogens is 768 g/mol. The SMILES string of the molecule is O=C(CCC(=O)C(=O)O)OCCOCCOCCOCCOCCOCCOCCOCCOCCOCCOC(c1ccccc1)(c1ccccc1)c1ccccc1. The molecule has 0 saturated carbocycles. The molecule has 59 heavy (non-hydrogen) atoms. The van der Waals surface area contributed by atoms with E-state index in [1.807, 2.05) is 54.6 Å². The predicted molar refractivity (Wildman–Crippen MR) is 215 cm³/mol. The fourth-order valence-corrected chi connectivity index (χ4v) is 5.49. The van der Waals surface area contributed by atoms with E-state index in [2.05, 4.69) is 36.4 Å².